The topological polar surface area (TPSA) is 64.7 Å². The van der Waals surface area contributed by atoms with E-state index in [0.29, 0.717) is 0 Å². The van der Waals surface area contributed by atoms with Crippen LogP contribution in [0.3, 0.4) is 0 Å². The summed E-state index contributed by atoms with van der Waals surface area (Å²) < 4.78 is 0. The number of rotatable bonds is 6. The molecule has 1 aromatic carbocycles. The predicted octanol–water partition coefficient (Wildman–Crippen LogP) is 3.06. The van der Waals surface area contributed by atoms with E-state index in [2.05, 4.69) is 22.5 Å². The molecule has 6 nitrogen and oxygen atoms in total. The number of unbranched alkanes of at least 4 members (excludes halogenated alkanes) is 1. The van der Waals surface area contributed by atoms with Crippen molar-refractivity contribution in [2.24, 2.45) is 5.92 Å². The summed E-state index contributed by atoms with van der Waals surface area (Å²) in [5.41, 5.74) is 2.00. The van der Waals surface area contributed by atoms with Crippen LogP contribution in [-0.2, 0) is 4.79 Å². The van der Waals surface area contributed by atoms with E-state index in [-0.39, 0.29) is 17.9 Å². The Hall–Kier alpha value is -2.24. The van der Waals surface area contributed by atoms with Crippen LogP contribution in [0.1, 0.15) is 39.0 Å². The van der Waals surface area contributed by atoms with Crippen molar-refractivity contribution in [3.63, 3.8) is 0 Å². The maximum atomic E-state index is 12.1. The summed E-state index contributed by atoms with van der Waals surface area (Å²) in [7, 11) is 0. The van der Waals surface area contributed by atoms with Crippen molar-refractivity contribution < 1.29 is 9.59 Å². The van der Waals surface area contributed by atoms with Crippen molar-refractivity contribution >= 4 is 23.3 Å². The van der Waals surface area contributed by atoms with E-state index in [1.54, 1.807) is 0 Å². The first-order chi connectivity index (χ1) is 12.7. The van der Waals surface area contributed by atoms with Gasteiger partial charge in [-0.1, -0.05) is 19.8 Å². The van der Waals surface area contributed by atoms with E-state index in [0.717, 1.165) is 69.8 Å². The average Bonchev–Trinajstić information content (AvgIpc) is 2.61. The number of amides is 3. The zero-order valence-electron chi connectivity index (χ0n) is 15.7. The van der Waals surface area contributed by atoms with Gasteiger partial charge in [-0.25, -0.2) is 4.79 Å². The molecule has 26 heavy (non-hydrogen) atoms. The molecule has 1 saturated heterocycles. The number of carbonyl (C=O) groups excluding carboxylic acids is 2. The number of nitrogens with zero attached hydrogens (tertiary/aromatic N) is 2. The van der Waals surface area contributed by atoms with Crippen molar-refractivity contribution in [2.45, 2.75) is 39.0 Å². The molecule has 0 spiro atoms. The van der Waals surface area contributed by atoms with Crippen molar-refractivity contribution in [1.29, 1.82) is 0 Å². The molecule has 0 bridgehead atoms. The number of piperazine rings is 1. The summed E-state index contributed by atoms with van der Waals surface area (Å²) in [5.74, 6) is 0.345. The van der Waals surface area contributed by atoms with E-state index in [4.69, 9.17) is 0 Å². The Morgan fingerprint density at radius 1 is 1.08 bits per heavy atom. The minimum absolute atomic E-state index is 0.0483. The molecule has 1 aliphatic carbocycles. The van der Waals surface area contributed by atoms with Gasteiger partial charge in [0.05, 0.1) is 0 Å². The monoisotopic (exact) mass is 358 g/mol. The molecule has 1 saturated carbocycles. The number of urea groups is 1. The lowest BCUT2D eigenvalue weighted by molar-refractivity contribution is -0.122. The standard InChI is InChI=1S/C20H30N4O2/c1-2-3-11-21-20(26)24-14-12-23(13-15-24)18-9-7-17(8-10-18)22-19(25)16-5-4-6-16/h7-10,16H,2-6,11-15H2,1H3,(H,21,26)(H,22,25). The maximum Gasteiger partial charge on any atom is 0.317 e. The predicted molar refractivity (Wildman–Crippen MR) is 105 cm³/mol. The molecule has 6 heteroatoms. The summed E-state index contributed by atoms with van der Waals surface area (Å²) in [5, 5.41) is 5.98. The third kappa shape index (κ3) is 4.68. The Morgan fingerprint density at radius 2 is 1.77 bits per heavy atom. The number of carbonyl (C=O) groups is 2. The molecular weight excluding hydrogens is 328 g/mol. The first kappa shape index (κ1) is 18.5. The minimum atomic E-state index is 0.0483. The number of hydrogen-bond acceptors (Lipinski definition) is 3. The van der Waals surface area contributed by atoms with Crippen molar-refractivity contribution in [1.82, 2.24) is 10.2 Å². The lowest BCUT2D eigenvalue weighted by atomic mass is 9.85. The van der Waals surface area contributed by atoms with Gasteiger partial charge in [-0.2, -0.15) is 0 Å². The summed E-state index contributed by atoms with van der Waals surface area (Å²) in [6.07, 6.45) is 5.31. The molecule has 2 aliphatic rings. The third-order valence-corrected chi connectivity index (χ3v) is 5.35. The van der Waals surface area contributed by atoms with Crippen LogP contribution in [0.2, 0.25) is 0 Å². The molecule has 0 aromatic heterocycles. The van der Waals surface area contributed by atoms with Gasteiger partial charge in [0.1, 0.15) is 0 Å². The molecule has 0 atom stereocenters. The van der Waals surface area contributed by atoms with Crippen LogP contribution in [0.25, 0.3) is 0 Å². The van der Waals surface area contributed by atoms with Gasteiger partial charge in [0.15, 0.2) is 0 Å². The molecule has 0 radical (unpaired) electrons. The van der Waals surface area contributed by atoms with Crippen molar-refractivity contribution in [3.8, 4) is 0 Å². The minimum Gasteiger partial charge on any atom is -0.368 e. The van der Waals surface area contributed by atoms with Gasteiger partial charge in [-0.3, -0.25) is 4.79 Å². The zero-order chi connectivity index (χ0) is 18.4. The highest BCUT2D eigenvalue weighted by atomic mass is 16.2. The SMILES string of the molecule is CCCCNC(=O)N1CCN(c2ccc(NC(=O)C3CCC3)cc2)CC1. The van der Waals surface area contributed by atoms with E-state index < -0.39 is 0 Å². The second-order valence-corrected chi connectivity index (χ2v) is 7.22. The molecule has 1 heterocycles. The van der Waals surface area contributed by atoms with Crippen LogP contribution in [0, 0.1) is 5.92 Å². The van der Waals surface area contributed by atoms with E-state index in [1.165, 1.54) is 6.42 Å². The summed E-state index contributed by atoms with van der Waals surface area (Å²) >= 11 is 0. The molecule has 0 unspecified atom stereocenters. The van der Waals surface area contributed by atoms with Gasteiger partial charge in [0.25, 0.3) is 0 Å². The fourth-order valence-corrected chi connectivity index (χ4v) is 3.32. The summed E-state index contributed by atoms with van der Waals surface area (Å²) in [4.78, 5) is 28.3. The first-order valence-corrected chi connectivity index (χ1v) is 9.86. The highest BCUT2D eigenvalue weighted by molar-refractivity contribution is 5.93. The van der Waals surface area contributed by atoms with Crippen molar-refractivity contribution in [2.75, 3.05) is 42.9 Å². The zero-order valence-corrected chi connectivity index (χ0v) is 15.7. The average molecular weight is 358 g/mol. The van der Waals surface area contributed by atoms with E-state index in [9.17, 15) is 9.59 Å². The molecule has 3 amide bonds. The quantitative estimate of drug-likeness (QED) is 0.768. The van der Waals surface area contributed by atoms with Crippen LogP contribution >= 0.6 is 0 Å². The number of nitrogens with one attached hydrogen (secondary N) is 2. The van der Waals surface area contributed by atoms with Gasteiger partial charge >= 0.3 is 6.03 Å². The normalized spacial score (nSPS) is 17.6. The van der Waals surface area contributed by atoms with Gasteiger partial charge < -0.3 is 20.4 Å². The molecular formula is C20H30N4O2. The van der Waals surface area contributed by atoms with Gasteiger partial charge in [-0.15, -0.1) is 0 Å². The Bertz CT molecular complexity index is 605. The molecule has 142 valence electrons. The first-order valence-electron chi connectivity index (χ1n) is 9.86. The summed E-state index contributed by atoms with van der Waals surface area (Å²) in [6, 6.07) is 8.08. The number of anilines is 2. The Balaban J connectivity index is 1.45. The van der Waals surface area contributed by atoms with Gasteiger partial charge in [0.2, 0.25) is 5.91 Å². The van der Waals surface area contributed by atoms with Crippen LogP contribution in [0.5, 0.6) is 0 Å². The second kappa shape index (κ2) is 8.92. The second-order valence-electron chi connectivity index (χ2n) is 7.22. The van der Waals surface area contributed by atoms with Crippen LogP contribution < -0.4 is 15.5 Å². The Labute approximate surface area is 155 Å². The molecule has 2 fully saturated rings. The van der Waals surface area contributed by atoms with Gasteiger partial charge in [-0.05, 0) is 43.5 Å². The highest BCUT2D eigenvalue weighted by Crippen LogP contribution is 2.28. The largest absolute Gasteiger partial charge is 0.368 e. The molecule has 1 aromatic rings. The fraction of sp³-hybridized carbons (Fsp3) is 0.600. The lowest BCUT2D eigenvalue weighted by Gasteiger charge is -2.36. The number of hydrogen-bond donors (Lipinski definition) is 2. The lowest BCUT2D eigenvalue weighted by Crippen LogP contribution is -2.52. The van der Waals surface area contributed by atoms with Crippen LogP contribution in [0.15, 0.2) is 24.3 Å². The van der Waals surface area contributed by atoms with E-state index >= 15 is 0 Å². The maximum absolute atomic E-state index is 12.1. The molecule has 3 rings (SSSR count). The smallest absolute Gasteiger partial charge is 0.317 e. The van der Waals surface area contributed by atoms with Crippen molar-refractivity contribution in [3.05, 3.63) is 24.3 Å². The number of benzene rings is 1. The van der Waals surface area contributed by atoms with Gasteiger partial charge in [0, 0.05) is 50.0 Å². The van der Waals surface area contributed by atoms with E-state index in [1.807, 2.05) is 29.2 Å². The van der Waals surface area contributed by atoms with Crippen LogP contribution in [0.4, 0.5) is 16.2 Å². The Kier molecular flexibility index (Phi) is 6.36. The van der Waals surface area contributed by atoms with Crippen LogP contribution in [-0.4, -0.2) is 49.6 Å². The third-order valence-electron chi connectivity index (χ3n) is 5.35. The Morgan fingerprint density at radius 3 is 2.35 bits per heavy atom. The molecule has 2 N–H and O–H groups in total. The highest BCUT2D eigenvalue weighted by Gasteiger charge is 2.25. The molecule has 1 aliphatic heterocycles. The summed E-state index contributed by atoms with van der Waals surface area (Å²) in [6.45, 7) is 6.00. The fourth-order valence-electron chi connectivity index (χ4n) is 3.32.